The van der Waals surface area contributed by atoms with E-state index in [2.05, 4.69) is 20.9 Å². The first-order chi connectivity index (χ1) is 16.0. The maximum absolute atomic E-state index is 13.0. The molecule has 0 fully saturated rings. The topological polar surface area (TPSA) is 98.1 Å². The van der Waals surface area contributed by atoms with Crippen molar-refractivity contribution >= 4 is 11.8 Å². The predicted molar refractivity (Wildman–Crippen MR) is 113 cm³/mol. The Balaban J connectivity index is 1.70. The number of carbonyl (C=O) groups is 2. The molecule has 2 amide bonds. The van der Waals surface area contributed by atoms with E-state index in [1.807, 2.05) is 0 Å². The zero-order valence-electron chi connectivity index (χ0n) is 18.4. The van der Waals surface area contributed by atoms with Crippen molar-refractivity contribution in [3.05, 3.63) is 71.4 Å². The van der Waals surface area contributed by atoms with E-state index in [0.29, 0.717) is 11.9 Å². The third kappa shape index (κ3) is 5.69. The number of benzene rings is 1. The van der Waals surface area contributed by atoms with Crippen LogP contribution in [0.4, 0.5) is 17.6 Å². The molecule has 1 atom stereocenters. The van der Waals surface area contributed by atoms with Gasteiger partial charge >= 0.3 is 6.18 Å². The summed E-state index contributed by atoms with van der Waals surface area (Å²) in [5.74, 6) is -1.71. The first-order valence-corrected chi connectivity index (χ1v) is 10.1. The Hall–Kier alpha value is -3.96. The number of carbonyl (C=O) groups excluding carboxylic acids is 2. The largest absolute Gasteiger partial charge is 0.481 e. The summed E-state index contributed by atoms with van der Waals surface area (Å²) in [5, 5.41) is 4.09. The quantitative estimate of drug-likeness (QED) is 0.414. The highest BCUT2D eigenvalue weighted by Gasteiger charge is 2.31. The van der Waals surface area contributed by atoms with Crippen molar-refractivity contribution in [2.24, 2.45) is 0 Å². The van der Waals surface area contributed by atoms with E-state index in [1.165, 1.54) is 42.1 Å². The lowest BCUT2D eigenvalue weighted by molar-refractivity contribution is -0.137. The maximum atomic E-state index is 13.0. The fourth-order valence-corrected chi connectivity index (χ4v) is 3.01. The molecular weight excluding hydrogens is 458 g/mol. The summed E-state index contributed by atoms with van der Waals surface area (Å²) in [5.41, 5.74) is 4.07. The summed E-state index contributed by atoms with van der Waals surface area (Å²) < 4.78 is 58.1. The molecule has 0 radical (unpaired) electrons. The van der Waals surface area contributed by atoms with E-state index >= 15 is 0 Å². The minimum absolute atomic E-state index is 0.0982. The van der Waals surface area contributed by atoms with Crippen LogP contribution >= 0.6 is 0 Å². The highest BCUT2D eigenvalue weighted by Crippen LogP contribution is 2.29. The molecule has 34 heavy (non-hydrogen) atoms. The Bertz CT molecular complexity index is 1160. The van der Waals surface area contributed by atoms with Gasteiger partial charge in [0.1, 0.15) is 11.6 Å². The SMILES string of the molecule is CC(Oc1ccc(F)cc1)C(=O)NNC(=O)c1cnn(-c2ccc(C(F)(F)F)cn2)c1C(C)C. The summed E-state index contributed by atoms with van der Waals surface area (Å²) in [4.78, 5) is 28.8. The number of hydrogen-bond acceptors (Lipinski definition) is 5. The number of halogens is 4. The number of hydrazine groups is 1. The van der Waals surface area contributed by atoms with Gasteiger partial charge in [-0.3, -0.25) is 20.4 Å². The number of nitrogens with one attached hydrogen (secondary N) is 2. The molecule has 180 valence electrons. The number of alkyl halides is 3. The number of pyridine rings is 1. The Kier molecular flexibility index (Phi) is 7.18. The highest BCUT2D eigenvalue weighted by atomic mass is 19.4. The van der Waals surface area contributed by atoms with Gasteiger partial charge in [-0.1, -0.05) is 13.8 Å². The van der Waals surface area contributed by atoms with Gasteiger partial charge in [0.2, 0.25) is 0 Å². The van der Waals surface area contributed by atoms with Crippen molar-refractivity contribution in [2.45, 2.75) is 39.0 Å². The summed E-state index contributed by atoms with van der Waals surface area (Å²) in [6.07, 6.45) is -3.62. The fraction of sp³-hybridized carbons (Fsp3) is 0.273. The molecule has 1 unspecified atom stereocenters. The van der Waals surface area contributed by atoms with Crippen molar-refractivity contribution in [3.8, 4) is 11.6 Å². The van der Waals surface area contributed by atoms with Gasteiger partial charge in [0, 0.05) is 6.20 Å². The number of rotatable bonds is 6. The van der Waals surface area contributed by atoms with Gasteiger partial charge in [-0.05, 0) is 49.2 Å². The van der Waals surface area contributed by atoms with Crippen LogP contribution in [0.5, 0.6) is 5.75 Å². The molecular formula is C22H21F4N5O3. The molecule has 0 spiro atoms. The van der Waals surface area contributed by atoms with Crippen LogP contribution in [0.25, 0.3) is 5.82 Å². The van der Waals surface area contributed by atoms with Gasteiger partial charge in [-0.25, -0.2) is 14.1 Å². The predicted octanol–water partition coefficient (Wildman–Crippen LogP) is 3.78. The summed E-state index contributed by atoms with van der Waals surface area (Å²) in [6.45, 7) is 4.98. The minimum Gasteiger partial charge on any atom is -0.481 e. The van der Waals surface area contributed by atoms with Gasteiger partial charge in [-0.2, -0.15) is 18.3 Å². The Morgan fingerprint density at radius 2 is 1.68 bits per heavy atom. The Morgan fingerprint density at radius 1 is 1.00 bits per heavy atom. The maximum Gasteiger partial charge on any atom is 0.417 e. The molecule has 8 nitrogen and oxygen atoms in total. The van der Waals surface area contributed by atoms with Crippen LogP contribution in [-0.2, 0) is 11.0 Å². The van der Waals surface area contributed by atoms with E-state index in [4.69, 9.17) is 4.74 Å². The van der Waals surface area contributed by atoms with E-state index in [-0.39, 0.29) is 23.0 Å². The van der Waals surface area contributed by atoms with Crippen LogP contribution in [0.1, 0.15) is 48.3 Å². The second-order valence-corrected chi connectivity index (χ2v) is 7.57. The summed E-state index contributed by atoms with van der Waals surface area (Å²) >= 11 is 0. The zero-order chi connectivity index (χ0) is 25.0. The van der Waals surface area contributed by atoms with Crippen LogP contribution < -0.4 is 15.6 Å². The molecule has 3 aromatic rings. The summed E-state index contributed by atoms with van der Waals surface area (Å²) in [6, 6.07) is 7.10. The zero-order valence-corrected chi connectivity index (χ0v) is 18.4. The van der Waals surface area contributed by atoms with Crippen LogP contribution in [0.3, 0.4) is 0 Å². The van der Waals surface area contributed by atoms with Crippen molar-refractivity contribution in [3.63, 3.8) is 0 Å². The second kappa shape index (κ2) is 9.89. The molecule has 0 bridgehead atoms. The molecule has 2 aromatic heterocycles. The third-order valence-corrected chi connectivity index (χ3v) is 4.69. The lowest BCUT2D eigenvalue weighted by Gasteiger charge is -2.16. The van der Waals surface area contributed by atoms with Gasteiger partial charge in [0.05, 0.1) is 23.0 Å². The molecule has 0 saturated carbocycles. The molecule has 0 saturated heterocycles. The van der Waals surface area contributed by atoms with Crippen molar-refractivity contribution in [1.29, 1.82) is 0 Å². The minimum atomic E-state index is -4.53. The molecule has 3 rings (SSSR count). The third-order valence-electron chi connectivity index (χ3n) is 4.69. The molecule has 12 heteroatoms. The Labute approximate surface area is 191 Å². The smallest absolute Gasteiger partial charge is 0.417 e. The van der Waals surface area contributed by atoms with Crippen LogP contribution in [0.15, 0.2) is 48.8 Å². The van der Waals surface area contributed by atoms with E-state index < -0.39 is 35.5 Å². The van der Waals surface area contributed by atoms with Crippen molar-refractivity contribution in [2.75, 3.05) is 0 Å². The standard InChI is InChI=1S/C22H21F4N5O3/c1-12(2)19-17(11-28-31(19)18-9-4-14(10-27-18)22(24,25)26)21(33)30-29-20(32)13(3)34-16-7-5-15(23)6-8-16/h4-13H,1-3H3,(H,29,32)(H,30,33). The average Bonchev–Trinajstić information content (AvgIpc) is 3.24. The second-order valence-electron chi connectivity index (χ2n) is 7.57. The van der Waals surface area contributed by atoms with Crippen LogP contribution in [-0.4, -0.2) is 32.7 Å². The van der Waals surface area contributed by atoms with Gasteiger partial charge in [0.15, 0.2) is 11.9 Å². The first-order valence-electron chi connectivity index (χ1n) is 10.1. The van der Waals surface area contributed by atoms with Crippen LogP contribution in [0.2, 0.25) is 0 Å². The highest BCUT2D eigenvalue weighted by molar-refractivity contribution is 5.96. The average molecular weight is 479 g/mol. The van der Waals surface area contributed by atoms with Gasteiger partial charge in [0.25, 0.3) is 11.8 Å². The fourth-order valence-electron chi connectivity index (χ4n) is 3.01. The normalized spacial score (nSPS) is 12.4. The van der Waals surface area contributed by atoms with Crippen molar-refractivity contribution in [1.82, 2.24) is 25.6 Å². The molecule has 1 aromatic carbocycles. The molecule has 0 aliphatic carbocycles. The number of aromatic nitrogens is 3. The molecule has 2 heterocycles. The molecule has 0 aliphatic rings. The number of nitrogens with zero attached hydrogens (tertiary/aromatic N) is 3. The van der Waals surface area contributed by atoms with Crippen molar-refractivity contribution < 1.29 is 31.9 Å². The van der Waals surface area contributed by atoms with E-state index in [9.17, 15) is 27.2 Å². The lowest BCUT2D eigenvalue weighted by Crippen LogP contribution is -2.47. The van der Waals surface area contributed by atoms with E-state index in [1.54, 1.807) is 13.8 Å². The Morgan fingerprint density at radius 3 is 2.24 bits per heavy atom. The lowest BCUT2D eigenvalue weighted by atomic mass is 10.1. The van der Waals surface area contributed by atoms with Gasteiger partial charge in [-0.15, -0.1) is 0 Å². The number of hydrogen-bond donors (Lipinski definition) is 2. The molecule has 2 N–H and O–H groups in total. The first kappa shape index (κ1) is 24.7. The monoisotopic (exact) mass is 479 g/mol. The van der Waals surface area contributed by atoms with Crippen LogP contribution in [0, 0.1) is 5.82 Å². The molecule has 0 aliphatic heterocycles. The number of amides is 2. The van der Waals surface area contributed by atoms with E-state index in [0.717, 1.165) is 12.1 Å². The van der Waals surface area contributed by atoms with Gasteiger partial charge < -0.3 is 4.74 Å². The number of ether oxygens (including phenoxy) is 1. The summed E-state index contributed by atoms with van der Waals surface area (Å²) in [7, 11) is 0.